The largest absolute Gasteiger partial charge is 0.508 e. The first-order chi connectivity index (χ1) is 41.9. The summed E-state index contributed by atoms with van der Waals surface area (Å²) in [6, 6.07) is -5.20. The van der Waals surface area contributed by atoms with Gasteiger partial charge in [0, 0.05) is 25.3 Å². The molecule has 2 rings (SSSR count). The van der Waals surface area contributed by atoms with Crippen molar-refractivity contribution in [3.05, 3.63) is 29.8 Å². The Bertz CT molecular complexity index is 2440. The van der Waals surface area contributed by atoms with Gasteiger partial charge >= 0.3 is 5.97 Å². The standard InChI is InChI=1S/C56H98N18O13S/c1-33(2)46(55(86)87)73-53(84)40(16-6-10-26-60)70-52(83)41(17-11-27-64-56(62)63)71-50(81)38(14-4-8-24-58)68-49(80)37(13-3-7-23-57)69-51(82)39(15-5-9-25-59)72-54(85)43-18-12-28-74(43)45(77)31-66-48(79)42(29-34-19-21-35(75)22-20-34)67-44(76)30-65-47(78)36(61)32-88/h19-22,33,36-43,46,75,88H,3-18,23-32,57-61H2,1-2H3,(H,65,78)(H,66,79)(H,67,76)(H,68,80)(H,69,82)(H,70,83)(H,71,81)(H,72,85)(H,73,84)(H,86,87)(H4,62,63,64)/t36-,37-,38-,39-,40-,41-,42-,43-,46-/m0/s1. The fourth-order valence-electron chi connectivity index (χ4n) is 9.37. The number of hydrogen-bond acceptors (Lipinski definition) is 19. The van der Waals surface area contributed by atoms with Crippen molar-refractivity contribution >= 4 is 83.6 Å². The molecular weight excluding hydrogens is 1160 g/mol. The van der Waals surface area contributed by atoms with E-state index < -0.39 is 138 Å². The maximum Gasteiger partial charge on any atom is 0.326 e. The molecule has 25 N–H and O–H groups in total. The molecule has 0 radical (unpaired) electrons. The van der Waals surface area contributed by atoms with Gasteiger partial charge in [-0.1, -0.05) is 26.0 Å². The molecule has 1 heterocycles. The second kappa shape index (κ2) is 42.5. The number of unbranched alkanes of at least 4 members (excludes halogenated alkanes) is 4. The molecule has 0 aromatic heterocycles. The monoisotopic (exact) mass is 1260 g/mol. The maximum atomic E-state index is 14.5. The van der Waals surface area contributed by atoms with Crippen LogP contribution in [0.25, 0.3) is 0 Å². The molecular formula is C56H98N18O13S. The molecule has 496 valence electrons. The first kappa shape index (κ1) is 76.7. The Labute approximate surface area is 519 Å². The first-order valence-corrected chi connectivity index (χ1v) is 30.7. The van der Waals surface area contributed by atoms with E-state index in [9.17, 15) is 63.0 Å². The third-order valence-electron chi connectivity index (χ3n) is 14.4. The lowest BCUT2D eigenvalue weighted by atomic mass is 10.0. The van der Waals surface area contributed by atoms with E-state index in [0.717, 1.165) is 0 Å². The number of nitrogens with two attached hydrogens (primary N) is 7. The number of carbonyl (C=O) groups is 11. The number of thiol groups is 1. The number of carboxylic acid groups (broad SMARTS) is 1. The summed E-state index contributed by atoms with van der Waals surface area (Å²) in [5.74, 6) is -9.44. The van der Waals surface area contributed by atoms with E-state index in [4.69, 9.17) is 40.1 Å². The number of likely N-dealkylation sites (tertiary alicyclic amines) is 1. The van der Waals surface area contributed by atoms with Crippen LogP contribution in [0.15, 0.2) is 29.3 Å². The molecule has 1 aliphatic heterocycles. The number of benzene rings is 1. The highest BCUT2D eigenvalue weighted by Crippen LogP contribution is 2.19. The summed E-state index contributed by atoms with van der Waals surface area (Å²) < 4.78 is 0. The highest BCUT2D eigenvalue weighted by Gasteiger charge is 2.38. The molecule has 0 saturated carbocycles. The molecule has 31 nitrogen and oxygen atoms in total. The van der Waals surface area contributed by atoms with Crippen molar-refractivity contribution in [3.8, 4) is 5.75 Å². The smallest absolute Gasteiger partial charge is 0.326 e. The summed E-state index contributed by atoms with van der Waals surface area (Å²) >= 11 is 3.98. The summed E-state index contributed by atoms with van der Waals surface area (Å²) in [5.41, 5.74) is 40.4. The van der Waals surface area contributed by atoms with Crippen LogP contribution < -0.4 is 88.0 Å². The van der Waals surface area contributed by atoms with Crippen molar-refractivity contribution in [2.24, 2.45) is 51.0 Å². The molecule has 32 heteroatoms. The number of aromatic hydroxyl groups is 1. The second-order valence-corrected chi connectivity index (χ2v) is 22.3. The van der Waals surface area contributed by atoms with Gasteiger partial charge in [0.2, 0.25) is 59.1 Å². The zero-order valence-electron chi connectivity index (χ0n) is 50.7. The van der Waals surface area contributed by atoms with Crippen LogP contribution in [0, 0.1) is 5.92 Å². The lowest BCUT2D eigenvalue weighted by molar-refractivity contribution is -0.143. The Kier molecular flexibility index (Phi) is 37.0. The number of hydrogen-bond donors (Lipinski definition) is 19. The van der Waals surface area contributed by atoms with Crippen molar-refractivity contribution in [1.82, 2.24) is 52.8 Å². The summed E-state index contributed by atoms with van der Waals surface area (Å²) in [6.45, 7) is 3.30. The van der Waals surface area contributed by atoms with Crippen molar-refractivity contribution in [2.75, 3.05) is 58.1 Å². The number of carboxylic acids is 1. The van der Waals surface area contributed by atoms with Gasteiger partial charge < -0.3 is 103 Å². The molecule has 1 fully saturated rings. The quantitative estimate of drug-likeness (QED) is 0.0126. The number of aliphatic carboxylic acids is 1. The van der Waals surface area contributed by atoms with Gasteiger partial charge in [0.15, 0.2) is 5.96 Å². The number of carbonyl (C=O) groups excluding carboxylic acids is 10. The topological polar surface area (TPSA) is 534 Å². The molecule has 0 bridgehead atoms. The minimum Gasteiger partial charge on any atom is -0.508 e. The molecule has 1 saturated heterocycles. The number of guanidine groups is 1. The van der Waals surface area contributed by atoms with Gasteiger partial charge in [-0.3, -0.25) is 52.9 Å². The van der Waals surface area contributed by atoms with E-state index in [1.165, 1.54) is 29.2 Å². The molecule has 0 aliphatic carbocycles. The number of amides is 10. The summed E-state index contributed by atoms with van der Waals surface area (Å²) in [5, 5.41) is 43.2. The van der Waals surface area contributed by atoms with Crippen LogP contribution >= 0.6 is 12.6 Å². The van der Waals surface area contributed by atoms with Crippen LogP contribution in [0.3, 0.4) is 0 Å². The molecule has 0 unspecified atom stereocenters. The van der Waals surface area contributed by atoms with E-state index in [1.807, 2.05) is 0 Å². The predicted molar refractivity (Wildman–Crippen MR) is 332 cm³/mol. The summed E-state index contributed by atoms with van der Waals surface area (Å²) in [7, 11) is 0. The van der Waals surface area contributed by atoms with E-state index in [-0.39, 0.29) is 108 Å². The van der Waals surface area contributed by atoms with Gasteiger partial charge in [0.05, 0.1) is 19.1 Å². The minimum absolute atomic E-state index is 0.0167. The van der Waals surface area contributed by atoms with Gasteiger partial charge in [0.1, 0.15) is 54.1 Å². The van der Waals surface area contributed by atoms with Gasteiger partial charge in [-0.05, 0) is 153 Å². The number of phenolic OH excluding ortho intramolecular Hbond substituents is 1. The van der Waals surface area contributed by atoms with E-state index in [0.29, 0.717) is 63.4 Å². The zero-order valence-corrected chi connectivity index (χ0v) is 51.6. The van der Waals surface area contributed by atoms with Crippen LogP contribution in [0.2, 0.25) is 0 Å². The second-order valence-electron chi connectivity index (χ2n) is 21.9. The zero-order chi connectivity index (χ0) is 65.7. The van der Waals surface area contributed by atoms with Crippen molar-refractivity contribution in [1.29, 1.82) is 0 Å². The van der Waals surface area contributed by atoms with Gasteiger partial charge in [-0.25, -0.2) is 4.79 Å². The fourth-order valence-corrected chi connectivity index (χ4v) is 9.54. The van der Waals surface area contributed by atoms with Crippen LogP contribution in [0.1, 0.15) is 122 Å². The molecule has 1 aliphatic rings. The fraction of sp³-hybridized carbons (Fsp3) is 0.679. The lowest BCUT2D eigenvalue weighted by Crippen LogP contribution is -2.60. The highest BCUT2D eigenvalue weighted by atomic mass is 32.1. The Morgan fingerprint density at radius 3 is 1.43 bits per heavy atom. The lowest BCUT2D eigenvalue weighted by Gasteiger charge is -2.29. The van der Waals surface area contributed by atoms with E-state index in [1.54, 1.807) is 13.8 Å². The third-order valence-corrected chi connectivity index (χ3v) is 14.8. The molecule has 9 atom stereocenters. The molecule has 1 aromatic rings. The third kappa shape index (κ3) is 29.1. The Hall–Kier alpha value is -7.39. The van der Waals surface area contributed by atoms with Crippen LogP contribution in [0.4, 0.5) is 0 Å². The average molecular weight is 1260 g/mol. The first-order valence-electron chi connectivity index (χ1n) is 30.1. The van der Waals surface area contributed by atoms with Crippen LogP contribution in [0.5, 0.6) is 5.75 Å². The molecule has 1 aromatic carbocycles. The maximum absolute atomic E-state index is 14.5. The predicted octanol–water partition coefficient (Wildman–Crippen LogP) is -4.88. The van der Waals surface area contributed by atoms with Gasteiger partial charge in [0.25, 0.3) is 0 Å². The number of aliphatic imine (C=N–C) groups is 1. The minimum atomic E-state index is -1.34. The van der Waals surface area contributed by atoms with E-state index >= 15 is 0 Å². The number of nitrogens with one attached hydrogen (secondary N) is 9. The van der Waals surface area contributed by atoms with Crippen molar-refractivity contribution < 1.29 is 63.0 Å². The summed E-state index contributed by atoms with van der Waals surface area (Å²) in [4.78, 5) is 155. The Morgan fingerprint density at radius 1 is 0.580 bits per heavy atom. The van der Waals surface area contributed by atoms with Crippen molar-refractivity contribution in [2.45, 2.75) is 177 Å². The number of nitrogens with zero attached hydrogens (tertiary/aromatic N) is 2. The van der Waals surface area contributed by atoms with Crippen LogP contribution in [-0.2, 0) is 59.2 Å². The average Bonchev–Trinajstić information content (AvgIpc) is 2.48. The van der Waals surface area contributed by atoms with Crippen LogP contribution in [-0.4, -0.2) is 199 Å². The normalized spacial score (nSPS) is 15.6. The van der Waals surface area contributed by atoms with E-state index in [2.05, 4.69) is 65.5 Å². The number of rotatable bonds is 44. The Balaban J connectivity index is 2.40. The SMILES string of the molecule is CC(C)[C@H](NC(=O)[C@H](CCCCN)NC(=O)[C@H](CCCN=C(N)N)NC(=O)[C@H](CCCCN)NC(=O)[C@H](CCCCN)NC(=O)[C@H](CCCCN)NC(=O)[C@@H]1CCCN1C(=O)CNC(=O)[C@H](Cc1ccc(O)cc1)NC(=O)CNC(=O)[C@@H](N)CS)C(=O)O. The van der Waals surface area contributed by atoms with Gasteiger partial charge in [-0.15, -0.1) is 0 Å². The highest BCUT2D eigenvalue weighted by molar-refractivity contribution is 7.80. The summed E-state index contributed by atoms with van der Waals surface area (Å²) in [6.07, 6.45) is 4.06. The molecule has 88 heavy (non-hydrogen) atoms. The molecule has 0 spiro atoms. The van der Waals surface area contributed by atoms with Gasteiger partial charge in [-0.2, -0.15) is 12.6 Å². The number of phenols is 1. The van der Waals surface area contributed by atoms with Crippen molar-refractivity contribution in [3.63, 3.8) is 0 Å². The molecule has 10 amide bonds. The Morgan fingerprint density at radius 2 is 1.01 bits per heavy atom.